The standard InChI is InChI=1S/C39H42N6O7S/c1-24-10-16-31(53(51,52)41-23-25-6-3-2-4-7-25)21-32(24)29-9-5-8-27(18-29)19-35(37(47)42-30-15-17-33-34(20-30)45-38(48)44-33)43-36(46)28-13-11-26(12-14-28)22-40-39(49)50/h2-10,15-18,20-21,26,28,35,40-41H,11-14,19,22-23H2,1H3,(H,42,47)(H,43,46)(H,49,50)(H2,44,45,48)/t26-,28-,35-/m0/s1. The Labute approximate surface area is 306 Å². The number of aromatic amines is 2. The molecule has 1 aromatic heterocycles. The van der Waals surface area contributed by atoms with Crippen LogP contribution in [0.15, 0.2) is 101 Å². The van der Waals surface area contributed by atoms with Crippen molar-refractivity contribution >= 4 is 44.7 Å². The van der Waals surface area contributed by atoms with Crippen molar-refractivity contribution in [1.29, 1.82) is 0 Å². The zero-order valence-corrected chi connectivity index (χ0v) is 30.0. The van der Waals surface area contributed by atoms with Gasteiger partial charge in [0.2, 0.25) is 21.8 Å². The van der Waals surface area contributed by atoms with Crippen LogP contribution in [0.3, 0.4) is 0 Å². The average molecular weight is 739 g/mol. The molecule has 0 radical (unpaired) electrons. The molecule has 1 heterocycles. The van der Waals surface area contributed by atoms with E-state index in [-0.39, 0.29) is 41.3 Å². The van der Waals surface area contributed by atoms with Crippen LogP contribution in [-0.2, 0) is 32.6 Å². The molecular weight excluding hydrogens is 697 g/mol. The molecule has 0 aliphatic heterocycles. The first-order valence-electron chi connectivity index (χ1n) is 17.5. The Morgan fingerprint density at radius 2 is 1.58 bits per heavy atom. The maximum Gasteiger partial charge on any atom is 0.404 e. The number of benzene rings is 4. The zero-order chi connectivity index (χ0) is 37.5. The number of carboxylic acid groups (broad SMARTS) is 1. The molecule has 0 saturated heterocycles. The van der Waals surface area contributed by atoms with E-state index < -0.39 is 28.1 Å². The van der Waals surface area contributed by atoms with Crippen molar-refractivity contribution in [2.75, 3.05) is 11.9 Å². The molecule has 276 valence electrons. The Morgan fingerprint density at radius 1 is 0.849 bits per heavy atom. The highest BCUT2D eigenvalue weighted by atomic mass is 32.2. The lowest BCUT2D eigenvalue weighted by molar-refractivity contribution is -0.130. The van der Waals surface area contributed by atoms with Crippen LogP contribution in [0.5, 0.6) is 0 Å². The summed E-state index contributed by atoms with van der Waals surface area (Å²) in [7, 11) is -3.82. The summed E-state index contributed by atoms with van der Waals surface area (Å²) in [6.07, 6.45) is 1.57. The highest BCUT2D eigenvalue weighted by molar-refractivity contribution is 7.89. The van der Waals surface area contributed by atoms with E-state index in [1.807, 2.05) is 61.5 Å². The predicted molar refractivity (Wildman–Crippen MR) is 202 cm³/mol. The predicted octanol–water partition coefficient (Wildman–Crippen LogP) is 5.05. The second-order valence-electron chi connectivity index (χ2n) is 13.5. The molecule has 53 heavy (non-hydrogen) atoms. The number of rotatable bonds is 13. The largest absolute Gasteiger partial charge is 0.465 e. The molecule has 1 aliphatic rings. The van der Waals surface area contributed by atoms with Crippen molar-refractivity contribution in [2.45, 2.75) is 56.5 Å². The molecule has 7 N–H and O–H groups in total. The van der Waals surface area contributed by atoms with E-state index in [0.717, 1.165) is 22.3 Å². The molecule has 1 aliphatic carbocycles. The summed E-state index contributed by atoms with van der Waals surface area (Å²) in [6.45, 7) is 2.38. The monoisotopic (exact) mass is 738 g/mol. The van der Waals surface area contributed by atoms with Crippen molar-refractivity contribution < 1.29 is 27.9 Å². The van der Waals surface area contributed by atoms with Gasteiger partial charge in [-0.1, -0.05) is 60.7 Å². The first-order chi connectivity index (χ1) is 25.4. The van der Waals surface area contributed by atoms with Crippen molar-refractivity contribution in [3.05, 3.63) is 118 Å². The fraction of sp³-hybridized carbons (Fsp3) is 0.282. The number of fused-ring (bicyclic) bond motifs is 1. The third-order valence-corrected chi connectivity index (χ3v) is 11.1. The van der Waals surface area contributed by atoms with E-state index in [0.29, 0.717) is 54.5 Å². The second kappa shape index (κ2) is 16.3. The topological polar surface area (TPSA) is 202 Å². The van der Waals surface area contributed by atoms with Gasteiger partial charge in [0.15, 0.2) is 0 Å². The third kappa shape index (κ3) is 9.58. The molecule has 0 unspecified atom stereocenters. The van der Waals surface area contributed by atoms with Gasteiger partial charge in [0.25, 0.3) is 0 Å². The molecule has 6 rings (SSSR count). The number of hydrogen-bond acceptors (Lipinski definition) is 6. The van der Waals surface area contributed by atoms with Gasteiger partial charge < -0.3 is 31.0 Å². The van der Waals surface area contributed by atoms with Crippen LogP contribution in [0.1, 0.15) is 42.4 Å². The molecule has 1 fully saturated rings. The van der Waals surface area contributed by atoms with Gasteiger partial charge in [0, 0.05) is 31.1 Å². The molecule has 4 aromatic carbocycles. The Morgan fingerprint density at radius 3 is 2.34 bits per heavy atom. The van der Waals surface area contributed by atoms with Crippen molar-refractivity contribution in [2.24, 2.45) is 11.8 Å². The van der Waals surface area contributed by atoms with Gasteiger partial charge in [-0.25, -0.2) is 22.7 Å². The van der Waals surface area contributed by atoms with E-state index in [9.17, 15) is 27.6 Å². The number of sulfonamides is 1. The van der Waals surface area contributed by atoms with Crippen LogP contribution in [0.4, 0.5) is 10.5 Å². The summed E-state index contributed by atoms with van der Waals surface area (Å²) in [5, 5.41) is 17.2. The summed E-state index contributed by atoms with van der Waals surface area (Å²) in [5.74, 6) is -0.896. The Kier molecular flexibility index (Phi) is 11.4. The number of nitrogens with one attached hydrogen (secondary N) is 6. The van der Waals surface area contributed by atoms with Crippen LogP contribution < -0.4 is 26.4 Å². The van der Waals surface area contributed by atoms with Crippen LogP contribution in [0.2, 0.25) is 0 Å². The second-order valence-corrected chi connectivity index (χ2v) is 15.3. The molecule has 3 amide bonds. The number of imidazole rings is 1. The van der Waals surface area contributed by atoms with Gasteiger partial charge in [-0.2, -0.15) is 0 Å². The SMILES string of the molecule is Cc1ccc(S(=O)(=O)NCc2ccccc2)cc1-c1cccc(C[C@H](NC(=O)[C@H]2CC[C@H](CNC(=O)O)CC2)C(=O)Nc2ccc3[nH]c(=O)[nH]c3c2)c1. The Bertz CT molecular complexity index is 2280. The number of hydrogen-bond donors (Lipinski definition) is 7. The number of anilines is 1. The molecule has 0 spiro atoms. The highest BCUT2D eigenvalue weighted by Crippen LogP contribution is 2.30. The van der Waals surface area contributed by atoms with Crippen molar-refractivity contribution in [3.63, 3.8) is 0 Å². The lowest BCUT2D eigenvalue weighted by Crippen LogP contribution is -2.48. The van der Waals surface area contributed by atoms with E-state index in [1.54, 1.807) is 36.4 Å². The summed E-state index contributed by atoms with van der Waals surface area (Å²) >= 11 is 0. The highest BCUT2D eigenvalue weighted by Gasteiger charge is 2.30. The fourth-order valence-electron chi connectivity index (χ4n) is 6.74. The van der Waals surface area contributed by atoms with Gasteiger partial charge in [-0.15, -0.1) is 0 Å². The van der Waals surface area contributed by atoms with Gasteiger partial charge in [-0.3, -0.25) is 9.59 Å². The minimum Gasteiger partial charge on any atom is -0.465 e. The van der Waals surface area contributed by atoms with Crippen molar-refractivity contribution in [1.82, 2.24) is 25.3 Å². The van der Waals surface area contributed by atoms with Gasteiger partial charge in [-0.05, 0) is 96.7 Å². The number of H-pyrrole nitrogens is 2. The smallest absolute Gasteiger partial charge is 0.404 e. The number of amides is 3. The number of aromatic nitrogens is 2. The van der Waals surface area contributed by atoms with Crippen LogP contribution in [0.25, 0.3) is 22.2 Å². The quantitative estimate of drug-likeness (QED) is 0.0876. The Balaban J connectivity index is 1.21. The first kappa shape index (κ1) is 37.0. The maximum absolute atomic E-state index is 13.9. The summed E-state index contributed by atoms with van der Waals surface area (Å²) in [4.78, 5) is 55.7. The number of carbonyl (C=O) groups excluding carboxylic acids is 2. The van der Waals surface area contributed by atoms with Gasteiger partial charge in [0.05, 0.1) is 15.9 Å². The third-order valence-electron chi connectivity index (χ3n) is 9.68. The molecule has 5 aromatic rings. The average Bonchev–Trinajstić information content (AvgIpc) is 3.53. The van der Waals surface area contributed by atoms with E-state index in [4.69, 9.17) is 5.11 Å². The maximum atomic E-state index is 13.9. The molecule has 14 heteroatoms. The van der Waals surface area contributed by atoms with Crippen LogP contribution in [-0.4, -0.2) is 54.0 Å². The summed E-state index contributed by atoms with van der Waals surface area (Å²) < 4.78 is 29.2. The molecule has 13 nitrogen and oxygen atoms in total. The van der Waals surface area contributed by atoms with Gasteiger partial charge in [0.1, 0.15) is 6.04 Å². The van der Waals surface area contributed by atoms with E-state index in [2.05, 4.69) is 30.6 Å². The molecule has 1 atom stereocenters. The fourth-order valence-corrected chi connectivity index (χ4v) is 7.78. The lowest BCUT2D eigenvalue weighted by atomic mass is 9.81. The zero-order valence-electron chi connectivity index (χ0n) is 29.1. The van der Waals surface area contributed by atoms with Crippen LogP contribution >= 0.6 is 0 Å². The minimum atomic E-state index is -3.82. The minimum absolute atomic E-state index is 0.123. The van der Waals surface area contributed by atoms with Gasteiger partial charge >= 0.3 is 11.8 Å². The van der Waals surface area contributed by atoms with E-state index in [1.165, 1.54) is 0 Å². The molecule has 1 saturated carbocycles. The number of carbonyl (C=O) groups is 3. The van der Waals surface area contributed by atoms with E-state index >= 15 is 0 Å². The Hall–Kier alpha value is -5.73. The molecular formula is C39H42N6O7S. The number of aryl methyl sites for hydroxylation is 1. The first-order valence-corrected chi connectivity index (χ1v) is 19.0. The van der Waals surface area contributed by atoms with Crippen LogP contribution in [0, 0.1) is 18.8 Å². The normalized spacial score (nSPS) is 16.5. The van der Waals surface area contributed by atoms with Crippen molar-refractivity contribution in [3.8, 4) is 11.1 Å². The molecule has 0 bridgehead atoms. The summed E-state index contributed by atoms with van der Waals surface area (Å²) in [6, 6.07) is 25.7. The lowest BCUT2D eigenvalue weighted by Gasteiger charge is -2.29. The summed E-state index contributed by atoms with van der Waals surface area (Å²) in [5.41, 5.74) is 5.07.